The van der Waals surface area contributed by atoms with Crippen LogP contribution in [0.3, 0.4) is 0 Å². The van der Waals surface area contributed by atoms with Gasteiger partial charge in [-0.25, -0.2) is 12.8 Å². The second-order valence-corrected chi connectivity index (χ2v) is 14.0. The van der Waals surface area contributed by atoms with E-state index < -0.39 is 40.2 Å². The first-order valence-electron chi connectivity index (χ1n) is 15.5. The Balaban J connectivity index is 1.85. The number of methoxy groups -OCH3 is 2. The van der Waals surface area contributed by atoms with Gasteiger partial charge in [-0.3, -0.25) is 13.9 Å². The Kier molecular flexibility index (Phi) is 12.9. The molecule has 0 fully saturated rings. The van der Waals surface area contributed by atoms with E-state index in [-0.39, 0.29) is 40.4 Å². The quantitative estimate of drug-likeness (QED) is 0.143. The lowest BCUT2D eigenvalue weighted by molar-refractivity contribution is -0.140. The van der Waals surface area contributed by atoms with Crippen LogP contribution in [0.1, 0.15) is 31.4 Å². The second-order valence-electron chi connectivity index (χ2n) is 11.3. The van der Waals surface area contributed by atoms with Gasteiger partial charge >= 0.3 is 0 Å². The average molecular weight is 731 g/mol. The lowest BCUT2D eigenvalue weighted by atomic mass is 10.0. The van der Waals surface area contributed by atoms with E-state index in [0.717, 1.165) is 22.0 Å². The van der Waals surface area contributed by atoms with Crippen LogP contribution < -0.4 is 19.1 Å². The van der Waals surface area contributed by atoms with Gasteiger partial charge in [0.05, 0.1) is 24.8 Å². The van der Waals surface area contributed by atoms with Gasteiger partial charge in [0.25, 0.3) is 10.0 Å². The summed E-state index contributed by atoms with van der Waals surface area (Å²) in [6, 6.07) is 21.4. The fraction of sp³-hybridized carbons (Fsp3) is 0.278. The molecule has 0 aliphatic rings. The Morgan fingerprint density at radius 1 is 0.898 bits per heavy atom. The number of carbonyl (C=O) groups excluding carboxylic acids is 2. The number of sulfonamides is 1. The van der Waals surface area contributed by atoms with Crippen LogP contribution >= 0.6 is 23.2 Å². The summed E-state index contributed by atoms with van der Waals surface area (Å²) in [5.74, 6) is -1.28. The first kappa shape index (κ1) is 37.5. The van der Waals surface area contributed by atoms with Crippen LogP contribution in [-0.2, 0) is 32.6 Å². The molecule has 4 aromatic rings. The van der Waals surface area contributed by atoms with Gasteiger partial charge in [0.1, 0.15) is 18.4 Å². The van der Waals surface area contributed by atoms with Crippen molar-refractivity contribution >= 4 is 50.7 Å². The van der Waals surface area contributed by atoms with Crippen molar-refractivity contribution in [1.82, 2.24) is 10.2 Å². The van der Waals surface area contributed by atoms with Crippen molar-refractivity contribution in [2.45, 2.75) is 50.2 Å². The SMILES string of the molecule is CC[C@H](C)NC(=O)[C@H](Cc1ccccc1)N(Cc1ccc(Cl)cc1Cl)C(=O)CN(c1ccc(F)cc1)S(=O)(=O)c1ccc(OC)c(OC)c1. The van der Waals surface area contributed by atoms with Crippen molar-refractivity contribution < 1.29 is 31.9 Å². The summed E-state index contributed by atoms with van der Waals surface area (Å²) >= 11 is 12.7. The highest BCUT2D eigenvalue weighted by Gasteiger charge is 2.35. The van der Waals surface area contributed by atoms with Gasteiger partial charge in [0, 0.05) is 35.1 Å². The van der Waals surface area contributed by atoms with Gasteiger partial charge in [-0.05, 0) is 73.0 Å². The molecule has 0 unspecified atom stereocenters. The number of nitrogens with one attached hydrogen (secondary N) is 1. The van der Waals surface area contributed by atoms with Crippen LogP contribution in [-0.4, -0.2) is 58.0 Å². The van der Waals surface area contributed by atoms with Crippen LogP contribution in [0.4, 0.5) is 10.1 Å². The molecule has 2 atom stereocenters. The largest absolute Gasteiger partial charge is 0.493 e. The minimum Gasteiger partial charge on any atom is -0.493 e. The van der Waals surface area contributed by atoms with Crippen molar-refractivity contribution in [1.29, 1.82) is 0 Å². The number of rotatable bonds is 15. The highest BCUT2D eigenvalue weighted by molar-refractivity contribution is 7.92. The number of nitrogens with zero attached hydrogens (tertiary/aromatic N) is 2. The van der Waals surface area contributed by atoms with Gasteiger partial charge in [-0.2, -0.15) is 0 Å². The van der Waals surface area contributed by atoms with E-state index in [0.29, 0.717) is 22.8 Å². The van der Waals surface area contributed by atoms with E-state index in [2.05, 4.69) is 5.32 Å². The summed E-state index contributed by atoms with van der Waals surface area (Å²) in [6.45, 7) is 2.89. The molecular weight excluding hydrogens is 692 g/mol. The number of amides is 2. The van der Waals surface area contributed by atoms with Crippen LogP contribution in [0.5, 0.6) is 11.5 Å². The lowest BCUT2D eigenvalue weighted by Gasteiger charge is -2.34. The first-order chi connectivity index (χ1) is 23.4. The van der Waals surface area contributed by atoms with Crippen LogP contribution in [0.25, 0.3) is 0 Å². The summed E-state index contributed by atoms with van der Waals surface area (Å²) in [5.41, 5.74) is 1.29. The number of anilines is 1. The lowest BCUT2D eigenvalue weighted by Crippen LogP contribution is -2.54. The fourth-order valence-corrected chi connectivity index (χ4v) is 6.97. The number of carbonyl (C=O) groups is 2. The molecule has 0 spiro atoms. The molecule has 9 nitrogen and oxygen atoms in total. The highest BCUT2D eigenvalue weighted by atomic mass is 35.5. The Hall–Kier alpha value is -4.32. The second kappa shape index (κ2) is 16.9. The molecule has 0 aliphatic carbocycles. The first-order valence-corrected chi connectivity index (χ1v) is 17.7. The third-order valence-corrected chi connectivity index (χ3v) is 10.3. The minimum absolute atomic E-state index is 0.0256. The maximum absolute atomic E-state index is 14.6. The zero-order valence-corrected chi connectivity index (χ0v) is 29.9. The zero-order valence-electron chi connectivity index (χ0n) is 27.5. The van der Waals surface area contributed by atoms with Crippen molar-refractivity contribution in [3.63, 3.8) is 0 Å². The third-order valence-electron chi connectivity index (χ3n) is 7.96. The van der Waals surface area contributed by atoms with Gasteiger partial charge in [-0.1, -0.05) is 66.5 Å². The molecule has 0 saturated carbocycles. The van der Waals surface area contributed by atoms with E-state index in [1.54, 1.807) is 12.1 Å². The minimum atomic E-state index is -4.48. The Bertz CT molecular complexity index is 1860. The molecule has 4 aromatic carbocycles. The van der Waals surface area contributed by atoms with E-state index in [9.17, 15) is 22.4 Å². The monoisotopic (exact) mass is 729 g/mol. The molecule has 0 bridgehead atoms. The van der Waals surface area contributed by atoms with Gasteiger partial charge in [0.15, 0.2) is 11.5 Å². The van der Waals surface area contributed by atoms with Crippen LogP contribution in [0.15, 0.2) is 95.9 Å². The van der Waals surface area contributed by atoms with Crippen molar-refractivity contribution in [2.24, 2.45) is 0 Å². The van der Waals surface area contributed by atoms with Gasteiger partial charge in [0.2, 0.25) is 11.8 Å². The number of benzene rings is 4. The topological polar surface area (TPSA) is 105 Å². The smallest absolute Gasteiger partial charge is 0.264 e. The molecule has 13 heteroatoms. The Morgan fingerprint density at radius 3 is 2.18 bits per heavy atom. The standard InChI is InChI=1S/C36H38Cl2FN3O6S/c1-5-24(2)40-36(44)32(19-25-9-7-6-8-10-25)41(22-26-11-12-27(37)20-31(26)38)35(43)23-42(29-15-13-28(39)14-16-29)49(45,46)30-17-18-33(47-3)34(21-30)48-4/h6-18,20-21,24,32H,5,19,22-23H2,1-4H3,(H,40,44)/t24-,32-/m0/s1. The maximum atomic E-state index is 14.6. The molecular formula is C36H38Cl2FN3O6S. The zero-order chi connectivity index (χ0) is 35.7. The Morgan fingerprint density at radius 2 is 1.57 bits per heavy atom. The van der Waals surface area contributed by atoms with Gasteiger partial charge < -0.3 is 19.7 Å². The fourth-order valence-electron chi connectivity index (χ4n) is 5.07. The Labute approximate surface area is 296 Å². The molecule has 0 saturated heterocycles. The third kappa shape index (κ3) is 9.44. The van der Waals surface area contributed by atoms with E-state index in [1.807, 2.05) is 44.2 Å². The molecule has 0 heterocycles. The molecule has 0 aromatic heterocycles. The number of ether oxygens (including phenoxy) is 2. The van der Waals surface area contributed by atoms with Crippen molar-refractivity contribution in [2.75, 3.05) is 25.1 Å². The molecule has 1 N–H and O–H groups in total. The van der Waals surface area contributed by atoms with Gasteiger partial charge in [-0.15, -0.1) is 0 Å². The molecule has 0 radical (unpaired) electrons. The number of hydrogen-bond donors (Lipinski definition) is 1. The molecule has 0 aliphatic heterocycles. The highest BCUT2D eigenvalue weighted by Crippen LogP contribution is 2.33. The van der Waals surface area contributed by atoms with Crippen LogP contribution in [0, 0.1) is 5.82 Å². The van der Waals surface area contributed by atoms with Crippen molar-refractivity contribution in [3.05, 3.63) is 118 Å². The van der Waals surface area contributed by atoms with E-state index in [4.69, 9.17) is 32.7 Å². The number of hydrogen-bond acceptors (Lipinski definition) is 6. The molecule has 2 amide bonds. The normalized spacial score (nSPS) is 12.5. The molecule has 4 rings (SSSR count). The summed E-state index contributed by atoms with van der Waals surface area (Å²) in [4.78, 5) is 29.7. The predicted octanol–water partition coefficient (Wildman–Crippen LogP) is 6.90. The average Bonchev–Trinajstić information content (AvgIpc) is 3.09. The van der Waals surface area contributed by atoms with E-state index in [1.165, 1.54) is 55.5 Å². The number of halogens is 3. The van der Waals surface area contributed by atoms with Crippen LogP contribution in [0.2, 0.25) is 10.0 Å². The maximum Gasteiger partial charge on any atom is 0.264 e. The van der Waals surface area contributed by atoms with Crippen molar-refractivity contribution in [3.8, 4) is 11.5 Å². The molecule has 49 heavy (non-hydrogen) atoms. The summed E-state index contributed by atoms with van der Waals surface area (Å²) in [7, 11) is -1.70. The summed E-state index contributed by atoms with van der Waals surface area (Å²) in [5, 5.41) is 3.62. The molecule has 260 valence electrons. The predicted molar refractivity (Wildman–Crippen MR) is 189 cm³/mol. The summed E-state index contributed by atoms with van der Waals surface area (Å²) in [6.07, 6.45) is 0.766. The van der Waals surface area contributed by atoms with E-state index >= 15 is 0 Å². The summed E-state index contributed by atoms with van der Waals surface area (Å²) < 4.78 is 54.2.